The third-order valence-corrected chi connectivity index (χ3v) is 1.98. The Morgan fingerprint density at radius 1 is 1.50 bits per heavy atom. The number of hydrogen-bond donors (Lipinski definition) is 1. The summed E-state index contributed by atoms with van der Waals surface area (Å²) in [6.07, 6.45) is 4.67. The van der Waals surface area contributed by atoms with E-state index in [2.05, 4.69) is 12.6 Å². The lowest BCUT2D eigenvalue weighted by Gasteiger charge is -1.95. The zero-order chi connectivity index (χ0) is 10.4. The van der Waals surface area contributed by atoms with Gasteiger partial charge in [0, 0.05) is 0 Å². The molecule has 72 valence electrons. The van der Waals surface area contributed by atoms with Gasteiger partial charge in [0.15, 0.2) is 0 Å². The van der Waals surface area contributed by atoms with Crippen LogP contribution in [0, 0.1) is 17.1 Å². The monoisotopic (exact) mass is 207 g/mol. The van der Waals surface area contributed by atoms with E-state index in [0.717, 1.165) is 17.7 Å². The van der Waals surface area contributed by atoms with E-state index in [1.165, 1.54) is 12.1 Å². The van der Waals surface area contributed by atoms with Gasteiger partial charge in [-0.05, 0) is 29.9 Å². The first-order valence-electron chi connectivity index (χ1n) is 4.25. The first-order chi connectivity index (χ1) is 6.77. The second kappa shape index (κ2) is 5.46. The van der Waals surface area contributed by atoms with E-state index in [0.29, 0.717) is 0 Å². The number of thiol groups is 1. The van der Waals surface area contributed by atoms with Crippen molar-refractivity contribution in [2.24, 2.45) is 0 Å². The lowest BCUT2D eigenvalue weighted by atomic mass is 10.1. The summed E-state index contributed by atoms with van der Waals surface area (Å²) in [5.74, 6) is 0.307. The van der Waals surface area contributed by atoms with Gasteiger partial charge in [-0.15, -0.1) is 0 Å². The minimum atomic E-state index is -0.473. The molecule has 0 aromatic heterocycles. The van der Waals surface area contributed by atoms with Crippen LogP contribution in [0.25, 0.3) is 6.08 Å². The van der Waals surface area contributed by atoms with Crippen molar-refractivity contribution >= 4 is 18.7 Å². The summed E-state index contributed by atoms with van der Waals surface area (Å²) >= 11 is 4.06. The fraction of sp³-hybridized carbons (Fsp3) is 0.182. The topological polar surface area (TPSA) is 23.8 Å². The summed E-state index contributed by atoms with van der Waals surface area (Å²) in [6.45, 7) is 0. The molecule has 0 aliphatic carbocycles. The molecule has 0 N–H and O–H groups in total. The van der Waals surface area contributed by atoms with Crippen LogP contribution in [0.1, 0.15) is 17.5 Å². The predicted octanol–water partition coefficient (Wildman–Crippen LogP) is 3.03. The van der Waals surface area contributed by atoms with E-state index < -0.39 is 5.82 Å². The molecule has 1 nitrogen and oxygen atoms in total. The summed E-state index contributed by atoms with van der Waals surface area (Å²) < 4.78 is 12.9. The Hall–Kier alpha value is -1.27. The molecule has 0 aliphatic rings. The zero-order valence-electron chi connectivity index (χ0n) is 7.57. The standard InChI is InChI=1S/C11H10FNS/c12-11-5-4-9(3-1-2-6-14)7-10(11)8-13/h1,3-5,7,14H,2,6H2. The molecule has 0 radical (unpaired) electrons. The Bertz CT molecular complexity index is 379. The lowest BCUT2D eigenvalue weighted by Crippen LogP contribution is -1.84. The van der Waals surface area contributed by atoms with Crippen molar-refractivity contribution in [1.29, 1.82) is 5.26 Å². The normalized spacial score (nSPS) is 10.4. The summed E-state index contributed by atoms with van der Waals surface area (Å²) in [7, 11) is 0. The molecule has 0 fully saturated rings. The molecular formula is C11H10FNS. The molecule has 0 atom stereocenters. The van der Waals surface area contributed by atoms with E-state index in [-0.39, 0.29) is 5.56 Å². The van der Waals surface area contributed by atoms with E-state index >= 15 is 0 Å². The van der Waals surface area contributed by atoms with Crippen LogP contribution in [0.5, 0.6) is 0 Å². The Kier molecular flexibility index (Phi) is 4.21. The van der Waals surface area contributed by atoms with Crippen molar-refractivity contribution in [3.05, 3.63) is 41.2 Å². The first kappa shape index (κ1) is 10.8. The largest absolute Gasteiger partial charge is 0.206 e. The smallest absolute Gasteiger partial charge is 0.140 e. The van der Waals surface area contributed by atoms with E-state index in [4.69, 9.17) is 5.26 Å². The molecule has 14 heavy (non-hydrogen) atoms. The molecule has 0 amide bonds. The van der Waals surface area contributed by atoms with E-state index in [9.17, 15) is 4.39 Å². The van der Waals surface area contributed by atoms with Gasteiger partial charge < -0.3 is 0 Å². The highest BCUT2D eigenvalue weighted by Crippen LogP contribution is 2.11. The van der Waals surface area contributed by atoms with Gasteiger partial charge in [0.1, 0.15) is 11.9 Å². The molecule has 0 spiro atoms. The van der Waals surface area contributed by atoms with Crippen LogP contribution in [-0.2, 0) is 0 Å². The number of allylic oxidation sites excluding steroid dienone is 1. The van der Waals surface area contributed by atoms with E-state index in [1.807, 2.05) is 12.2 Å². The molecule has 0 heterocycles. The summed E-state index contributed by atoms with van der Waals surface area (Å²) in [4.78, 5) is 0. The van der Waals surface area contributed by atoms with Crippen molar-refractivity contribution in [1.82, 2.24) is 0 Å². The maximum absolute atomic E-state index is 12.9. The van der Waals surface area contributed by atoms with Crippen LogP contribution >= 0.6 is 12.6 Å². The average molecular weight is 207 g/mol. The van der Waals surface area contributed by atoms with Gasteiger partial charge in [0.05, 0.1) is 5.56 Å². The van der Waals surface area contributed by atoms with Crippen LogP contribution in [0.15, 0.2) is 24.3 Å². The third-order valence-electron chi connectivity index (χ3n) is 1.72. The molecule has 0 saturated heterocycles. The minimum Gasteiger partial charge on any atom is -0.206 e. The lowest BCUT2D eigenvalue weighted by molar-refractivity contribution is 0.624. The Morgan fingerprint density at radius 2 is 2.29 bits per heavy atom. The van der Waals surface area contributed by atoms with E-state index in [1.54, 1.807) is 12.1 Å². The number of rotatable bonds is 3. The first-order valence-corrected chi connectivity index (χ1v) is 4.88. The van der Waals surface area contributed by atoms with Crippen LogP contribution in [0.2, 0.25) is 0 Å². The van der Waals surface area contributed by atoms with Crippen molar-refractivity contribution in [3.8, 4) is 6.07 Å². The SMILES string of the molecule is N#Cc1cc(C=CCCS)ccc1F. The van der Waals surface area contributed by atoms with Crippen LogP contribution in [0.3, 0.4) is 0 Å². The van der Waals surface area contributed by atoms with Crippen molar-refractivity contribution in [2.75, 3.05) is 5.75 Å². The molecule has 1 rings (SSSR count). The quantitative estimate of drug-likeness (QED) is 0.757. The van der Waals surface area contributed by atoms with Gasteiger partial charge in [-0.1, -0.05) is 18.2 Å². The molecule has 3 heteroatoms. The Morgan fingerprint density at radius 3 is 2.93 bits per heavy atom. The van der Waals surface area contributed by atoms with Gasteiger partial charge in [-0.2, -0.15) is 17.9 Å². The number of nitriles is 1. The highest BCUT2D eigenvalue weighted by molar-refractivity contribution is 7.80. The molecule has 1 aromatic carbocycles. The second-order valence-corrected chi connectivity index (χ2v) is 3.21. The summed E-state index contributed by atoms with van der Waals surface area (Å²) in [5.41, 5.74) is 0.919. The van der Waals surface area contributed by atoms with Crippen LogP contribution < -0.4 is 0 Å². The van der Waals surface area contributed by atoms with Crippen molar-refractivity contribution < 1.29 is 4.39 Å². The summed E-state index contributed by atoms with van der Waals surface area (Å²) in [5, 5.41) is 8.59. The molecule has 1 aromatic rings. The predicted molar refractivity (Wildman–Crippen MR) is 58.6 cm³/mol. The molecule has 0 aliphatic heterocycles. The van der Waals surface area contributed by atoms with Gasteiger partial charge in [0.2, 0.25) is 0 Å². The molecular weight excluding hydrogens is 197 g/mol. The third kappa shape index (κ3) is 2.90. The molecule has 0 unspecified atom stereocenters. The maximum Gasteiger partial charge on any atom is 0.140 e. The Balaban J connectivity index is 2.86. The van der Waals surface area contributed by atoms with Crippen LogP contribution in [-0.4, -0.2) is 5.75 Å². The molecule has 0 saturated carbocycles. The highest BCUT2D eigenvalue weighted by atomic mass is 32.1. The fourth-order valence-corrected chi connectivity index (χ4v) is 1.18. The van der Waals surface area contributed by atoms with Gasteiger partial charge in [0.25, 0.3) is 0 Å². The Labute approximate surface area is 88.3 Å². The second-order valence-electron chi connectivity index (χ2n) is 2.77. The zero-order valence-corrected chi connectivity index (χ0v) is 8.47. The summed E-state index contributed by atoms with van der Waals surface area (Å²) in [6, 6.07) is 6.28. The van der Waals surface area contributed by atoms with Gasteiger partial charge >= 0.3 is 0 Å². The number of halogens is 1. The highest BCUT2D eigenvalue weighted by Gasteiger charge is 1.99. The minimum absolute atomic E-state index is 0.0815. The maximum atomic E-state index is 12.9. The van der Waals surface area contributed by atoms with Crippen molar-refractivity contribution in [2.45, 2.75) is 6.42 Å². The average Bonchev–Trinajstić information content (AvgIpc) is 2.21. The molecule has 0 bridgehead atoms. The van der Waals surface area contributed by atoms with Crippen LogP contribution in [0.4, 0.5) is 4.39 Å². The van der Waals surface area contributed by atoms with Crippen molar-refractivity contribution in [3.63, 3.8) is 0 Å². The fourth-order valence-electron chi connectivity index (χ4n) is 1.03. The van der Waals surface area contributed by atoms with Gasteiger partial charge in [-0.3, -0.25) is 0 Å². The number of hydrogen-bond acceptors (Lipinski definition) is 2. The van der Waals surface area contributed by atoms with Gasteiger partial charge in [-0.25, -0.2) is 4.39 Å². The number of nitrogens with zero attached hydrogens (tertiary/aromatic N) is 1. The number of benzene rings is 1.